The molecule has 0 saturated heterocycles. The van der Waals surface area contributed by atoms with Crippen molar-refractivity contribution in [3.63, 3.8) is 0 Å². The summed E-state index contributed by atoms with van der Waals surface area (Å²) < 4.78 is 1.74. The van der Waals surface area contributed by atoms with E-state index in [2.05, 4.69) is 55.9 Å². The maximum Gasteiger partial charge on any atom is 0.126 e. The number of rotatable bonds is 7. The molecule has 0 aliphatic heterocycles. The molecule has 0 unspecified atom stereocenters. The van der Waals surface area contributed by atoms with E-state index in [0.717, 1.165) is 48.1 Å². The van der Waals surface area contributed by atoms with Crippen molar-refractivity contribution in [3.8, 4) is 0 Å². The van der Waals surface area contributed by atoms with Crippen LogP contribution in [0.25, 0.3) is 11.8 Å². The summed E-state index contributed by atoms with van der Waals surface area (Å²) in [6.07, 6.45) is 9.54. The summed E-state index contributed by atoms with van der Waals surface area (Å²) in [5.41, 5.74) is 19.0. The molecule has 4 N–H and O–H groups in total. The molecule has 1 aromatic carbocycles. The maximum atomic E-state index is 6.47. The Morgan fingerprint density at radius 1 is 1.29 bits per heavy atom. The van der Waals surface area contributed by atoms with Crippen molar-refractivity contribution in [2.75, 3.05) is 5.73 Å². The van der Waals surface area contributed by atoms with Gasteiger partial charge < -0.3 is 11.5 Å². The highest BCUT2D eigenvalue weighted by atomic mass is 15.3. The Morgan fingerprint density at radius 3 is 2.43 bits per heavy atom. The van der Waals surface area contributed by atoms with E-state index in [1.165, 1.54) is 17.6 Å². The first-order valence-electron chi connectivity index (χ1n) is 10.2. The number of aromatic nitrogens is 2. The normalized spacial score (nSPS) is 16.7. The largest absolute Gasteiger partial charge is 0.384 e. The third-order valence-corrected chi connectivity index (χ3v) is 5.73. The van der Waals surface area contributed by atoms with Gasteiger partial charge in [0, 0.05) is 23.4 Å². The van der Waals surface area contributed by atoms with Crippen molar-refractivity contribution in [1.29, 1.82) is 0 Å². The van der Waals surface area contributed by atoms with Gasteiger partial charge in [0.2, 0.25) is 0 Å². The smallest absolute Gasteiger partial charge is 0.126 e. The van der Waals surface area contributed by atoms with E-state index in [4.69, 9.17) is 11.5 Å². The number of hydrogen-bond donors (Lipinski definition) is 2. The van der Waals surface area contributed by atoms with E-state index in [-0.39, 0.29) is 5.54 Å². The molecule has 0 atom stereocenters. The van der Waals surface area contributed by atoms with Gasteiger partial charge in [0.25, 0.3) is 0 Å². The molecule has 4 heteroatoms. The van der Waals surface area contributed by atoms with Gasteiger partial charge in [-0.05, 0) is 61.8 Å². The van der Waals surface area contributed by atoms with Crippen molar-refractivity contribution in [3.05, 3.63) is 71.0 Å². The molecule has 3 rings (SSSR count). The Bertz CT molecular complexity index is 909. The minimum atomic E-state index is -0.143. The van der Waals surface area contributed by atoms with Gasteiger partial charge in [-0.25, -0.2) is 4.68 Å². The number of anilines is 1. The van der Waals surface area contributed by atoms with Gasteiger partial charge in [0.1, 0.15) is 5.82 Å². The molecular formula is C24H32N4. The topological polar surface area (TPSA) is 69.9 Å². The van der Waals surface area contributed by atoms with Crippen molar-refractivity contribution >= 4 is 17.6 Å². The zero-order valence-electron chi connectivity index (χ0n) is 17.3. The van der Waals surface area contributed by atoms with Crippen LogP contribution in [0, 0.1) is 6.92 Å². The lowest BCUT2D eigenvalue weighted by Crippen LogP contribution is -2.43. The second kappa shape index (κ2) is 8.19. The average Bonchev–Trinajstić information content (AvgIpc) is 2.99. The van der Waals surface area contributed by atoms with Crippen LogP contribution >= 0.6 is 0 Å². The molecular weight excluding hydrogens is 344 g/mol. The van der Waals surface area contributed by atoms with Gasteiger partial charge in [-0.2, -0.15) is 5.10 Å². The highest BCUT2D eigenvalue weighted by Crippen LogP contribution is 2.39. The SMILES string of the molecule is C=C(C(=Cn1nc(C)cc1N)C(=CC)CCC)c1ccc(C2(N)CCC2)cc1. The van der Waals surface area contributed by atoms with Crippen LogP contribution in [0.1, 0.15) is 62.8 Å². The average molecular weight is 377 g/mol. The van der Waals surface area contributed by atoms with Gasteiger partial charge in [0.05, 0.1) is 5.69 Å². The molecule has 28 heavy (non-hydrogen) atoms. The molecule has 1 aliphatic carbocycles. The van der Waals surface area contributed by atoms with Gasteiger partial charge >= 0.3 is 0 Å². The van der Waals surface area contributed by atoms with Crippen LogP contribution in [-0.2, 0) is 5.54 Å². The number of nitrogen functional groups attached to an aromatic ring is 1. The van der Waals surface area contributed by atoms with Crippen molar-refractivity contribution in [1.82, 2.24) is 9.78 Å². The zero-order chi connectivity index (χ0) is 20.3. The second-order valence-corrected chi connectivity index (χ2v) is 7.83. The fourth-order valence-electron chi connectivity index (χ4n) is 3.83. The number of allylic oxidation sites excluding steroid dienone is 4. The first kappa shape index (κ1) is 20.2. The van der Waals surface area contributed by atoms with Crippen LogP contribution < -0.4 is 11.5 Å². The second-order valence-electron chi connectivity index (χ2n) is 7.83. The van der Waals surface area contributed by atoms with E-state index in [1.54, 1.807) is 4.68 Å². The molecule has 0 radical (unpaired) electrons. The Morgan fingerprint density at radius 2 is 1.96 bits per heavy atom. The molecule has 0 spiro atoms. The molecule has 148 valence electrons. The van der Waals surface area contributed by atoms with E-state index >= 15 is 0 Å². The minimum Gasteiger partial charge on any atom is -0.384 e. The van der Waals surface area contributed by atoms with E-state index in [9.17, 15) is 0 Å². The number of nitrogens with two attached hydrogens (primary N) is 2. The van der Waals surface area contributed by atoms with Crippen LogP contribution in [0.5, 0.6) is 0 Å². The molecule has 4 nitrogen and oxygen atoms in total. The third kappa shape index (κ3) is 3.97. The number of hydrogen-bond acceptors (Lipinski definition) is 3. The summed E-state index contributed by atoms with van der Waals surface area (Å²) in [7, 11) is 0. The van der Waals surface area contributed by atoms with Crippen LogP contribution in [0.4, 0.5) is 5.82 Å². The molecule has 0 bridgehead atoms. The summed E-state index contributed by atoms with van der Waals surface area (Å²) in [5, 5.41) is 4.50. The number of benzene rings is 1. The predicted molar refractivity (Wildman–Crippen MR) is 120 cm³/mol. The number of nitrogens with zero attached hydrogens (tertiary/aromatic N) is 2. The van der Waals surface area contributed by atoms with Gasteiger partial charge in [0.15, 0.2) is 0 Å². The maximum absolute atomic E-state index is 6.47. The molecule has 1 heterocycles. The van der Waals surface area contributed by atoms with Crippen LogP contribution in [0.3, 0.4) is 0 Å². The van der Waals surface area contributed by atoms with E-state index in [1.807, 2.05) is 19.2 Å². The van der Waals surface area contributed by atoms with E-state index < -0.39 is 0 Å². The molecule has 1 saturated carbocycles. The van der Waals surface area contributed by atoms with Crippen molar-refractivity contribution in [2.45, 2.75) is 58.4 Å². The van der Waals surface area contributed by atoms with Gasteiger partial charge in [-0.3, -0.25) is 0 Å². The molecule has 1 aromatic heterocycles. The molecule has 1 fully saturated rings. The van der Waals surface area contributed by atoms with Crippen molar-refractivity contribution in [2.24, 2.45) is 5.73 Å². The molecule has 2 aromatic rings. The third-order valence-electron chi connectivity index (χ3n) is 5.73. The highest BCUT2D eigenvalue weighted by molar-refractivity contribution is 5.85. The summed E-state index contributed by atoms with van der Waals surface area (Å²) in [5.74, 6) is 0.625. The Hall–Kier alpha value is -2.59. The number of aryl methyl sites for hydroxylation is 1. The van der Waals surface area contributed by atoms with Gasteiger partial charge in [-0.15, -0.1) is 0 Å². The predicted octanol–water partition coefficient (Wildman–Crippen LogP) is 5.41. The Labute approximate surface area is 168 Å². The summed E-state index contributed by atoms with van der Waals surface area (Å²) in [4.78, 5) is 0. The van der Waals surface area contributed by atoms with Crippen molar-refractivity contribution < 1.29 is 0 Å². The monoisotopic (exact) mass is 376 g/mol. The molecule has 0 amide bonds. The lowest BCUT2D eigenvalue weighted by molar-refractivity contribution is 0.253. The summed E-state index contributed by atoms with van der Waals surface area (Å²) in [6, 6.07) is 10.4. The fraction of sp³-hybridized carbons (Fsp3) is 0.375. The Balaban J connectivity index is 1.97. The fourth-order valence-corrected chi connectivity index (χ4v) is 3.83. The summed E-state index contributed by atoms with van der Waals surface area (Å²) in [6.45, 7) is 10.6. The first-order chi connectivity index (χ1) is 13.4. The summed E-state index contributed by atoms with van der Waals surface area (Å²) >= 11 is 0. The van der Waals surface area contributed by atoms with E-state index in [0.29, 0.717) is 5.82 Å². The van der Waals surface area contributed by atoms with Crippen LogP contribution in [-0.4, -0.2) is 9.78 Å². The lowest BCUT2D eigenvalue weighted by atomic mass is 9.72. The van der Waals surface area contributed by atoms with Gasteiger partial charge in [-0.1, -0.05) is 50.3 Å². The Kier molecular flexibility index (Phi) is 5.90. The lowest BCUT2D eigenvalue weighted by Gasteiger charge is -2.38. The van der Waals surface area contributed by atoms with Crippen LogP contribution in [0.2, 0.25) is 0 Å². The van der Waals surface area contributed by atoms with Crippen LogP contribution in [0.15, 0.2) is 54.1 Å². The quantitative estimate of drug-likeness (QED) is 0.635. The zero-order valence-corrected chi connectivity index (χ0v) is 17.3. The minimum absolute atomic E-state index is 0.143. The highest BCUT2D eigenvalue weighted by Gasteiger charge is 2.34. The molecule has 1 aliphatic rings. The first-order valence-corrected chi connectivity index (χ1v) is 10.2. The standard InChI is InChI=1S/C24H32N4/c1-5-8-19(6-2)22(16-28-23(25)15-17(3)27-28)18(4)20-9-11-21(12-10-20)24(26)13-7-14-24/h6,9-12,15-16H,4-5,7-8,13-14,25-26H2,1-3H3.